The zero-order valence-electron chi connectivity index (χ0n) is 15.1. The smallest absolute Gasteiger partial charge is 0.248 e. The van der Waals surface area contributed by atoms with Crippen molar-refractivity contribution in [1.82, 2.24) is 15.5 Å². The summed E-state index contributed by atoms with van der Waals surface area (Å²) in [6.45, 7) is 6.38. The average Bonchev–Trinajstić information content (AvgIpc) is 2.60. The first-order valence-electron chi connectivity index (χ1n) is 8.70. The normalized spacial score (nSPS) is 16.2. The Bertz CT molecular complexity index is 553. The first kappa shape index (κ1) is 21.7. The van der Waals surface area contributed by atoms with E-state index in [1.165, 1.54) is 13.0 Å². The van der Waals surface area contributed by atoms with Crippen molar-refractivity contribution in [3.8, 4) is 0 Å². The van der Waals surface area contributed by atoms with E-state index in [1.54, 1.807) is 19.2 Å². The summed E-state index contributed by atoms with van der Waals surface area (Å²) in [5, 5.41) is 6.83. The number of likely N-dealkylation sites (tertiary alicyclic amines) is 1. The molecule has 25 heavy (non-hydrogen) atoms. The highest BCUT2D eigenvalue weighted by molar-refractivity contribution is 14.0. The van der Waals surface area contributed by atoms with Gasteiger partial charge >= 0.3 is 0 Å². The first-order chi connectivity index (χ1) is 11.6. The molecular weight excluding hydrogens is 429 g/mol. The molecule has 7 heteroatoms. The van der Waals surface area contributed by atoms with E-state index in [-0.39, 0.29) is 24.0 Å². The minimum Gasteiger partial charge on any atom is -0.366 e. The number of rotatable bonds is 6. The van der Waals surface area contributed by atoms with Crippen LogP contribution < -0.4 is 16.4 Å². The number of piperidine rings is 1. The zero-order chi connectivity index (χ0) is 17.4. The Morgan fingerprint density at radius 2 is 1.92 bits per heavy atom. The van der Waals surface area contributed by atoms with Crippen molar-refractivity contribution in [1.29, 1.82) is 0 Å². The molecule has 2 rings (SSSR count). The summed E-state index contributed by atoms with van der Waals surface area (Å²) >= 11 is 0. The lowest BCUT2D eigenvalue weighted by molar-refractivity contribution is 0.100. The second-order valence-electron chi connectivity index (χ2n) is 6.25. The molecule has 0 atom stereocenters. The Balaban J connectivity index is 0.00000312. The van der Waals surface area contributed by atoms with Gasteiger partial charge in [0.1, 0.15) is 0 Å². The summed E-state index contributed by atoms with van der Waals surface area (Å²) in [5.41, 5.74) is 6.87. The number of nitrogens with one attached hydrogen (secondary N) is 2. The van der Waals surface area contributed by atoms with Gasteiger partial charge < -0.3 is 21.3 Å². The van der Waals surface area contributed by atoms with Crippen molar-refractivity contribution in [2.45, 2.75) is 38.8 Å². The van der Waals surface area contributed by atoms with Crippen molar-refractivity contribution < 1.29 is 4.79 Å². The second-order valence-corrected chi connectivity index (χ2v) is 6.25. The molecule has 0 bridgehead atoms. The number of nitrogens with two attached hydrogens (primary N) is 1. The summed E-state index contributed by atoms with van der Waals surface area (Å²) in [7, 11) is 1.79. The van der Waals surface area contributed by atoms with E-state index in [2.05, 4.69) is 27.4 Å². The number of carbonyl (C=O) groups excluding carboxylic acids is 1. The van der Waals surface area contributed by atoms with Gasteiger partial charge in [0.15, 0.2) is 5.96 Å². The molecule has 140 valence electrons. The van der Waals surface area contributed by atoms with Gasteiger partial charge in [0, 0.05) is 38.3 Å². The molecule has 1 amide bonds. The van der Waals surface area contributed by atoms with E-state index in [0.717, 1.165) is 37.5 Å². The summed E-state index contributed by atoms with van der Waals surface area (Å²) in [5.74, 6) is 0.421. The Morgan fingerprint density at radius 1 is 1.28 bits per heavy atom. The van der Waals surface area contributed by atoms with Crippen molar-refractivity contribution in [2.75, 3.05) is 26.7 Å². The number of benzene rings is 1. The Kier molecular flexibility index (Phi) is 9.81. The predicted molar refractivity (Wildman–Crippen MR) is 113 cm³/mol. The third kappa shape index (κ3) is 7.19. The van der Waals surface area contributed by atoms with Gasteiger partial charge in [0.2, 0.25) is 5.91 Å². The number of guanidine groups is 1. The SMILES string of the molecule is CCCN1CCC(NC(=NC)NCc2ccc(C(N)=O)cc2)CC1.I. The van der Waals surface area contributed by atoms with E-state index < -0.39 is 5.91 Å². The Hall–Kier alpha value is -1.35. The van der Waals surface area contributed by atoms with Crippen LogP contribution in [0.5, 0.6) is 0 Å². The van der Waals surface area contributed by atoms with Crippen LogP contribution in [0, 0.1) is 0 Å². The summed E-state index contributed by atoms with van der Waals surface area (Å²) in [6.07, 6.45) is 3.51. The van der Waals surface area contributed by atoms with Crippen molar-refractivity contribution >= 4 is 35.8 Å². The number of hydrogen-bond donors (Lipinski definition) is 3. The van der Waals surface area contributed by atoms with Gasteiger partial charge in [0.25, 0.3) is 0 Å². The van der Waals surface area contributed by atoms with Crippen molar-refractivity contribution in [3.63, 3.8) is 0 Å². The quantitative estimate of drug-likeness (QED) is 0.345. The maximum atomic E-state index is 11.1. The van der Waals surface area contributed by atoms with Crippen molar-refractivity contribution in [3.05, 3.63) is 35.4 Å². The van der Waals surface area contributed by atoms with Crippen LogP contribution >= 0.6 is 24.0 Å². The molecule has 0 radical (unpaired) electrons. The molecule has 1 aliphatic rings. The number of primary amides is 1. The van der Waals surface area contributed by atoms with Gasteiger partial charge in [0.05, 0.1) is 0 Å². The molecule has 1 aromatic rings. The Morgan fingerprint density at radius 3 is 2.44 bits per heavy atom. The molecule has 1 aromatic carbocycles. The maximum Gasteiger partial charge on any atom is 0.248 e. The van der Waals surface area contributed by atoms with Crippen LogP contribution in [0.3, 0.4) is 0 Å². The Labute approximate surface area is 167 Å². The maximum absolute atomic E-state index is 11.1. The third-order valence-electron chi connectivity index (χ3n) is 4.39. The van der Waals surface area contributed by atoms with Crippen LogP contribution in [0.2, 0.25) is 0 Å². The lowest BCUT2D eigenvalue weighted by Crippen LogP contribution is -2.48. The van der Waals surface area contributed by atoms with Gasteiger partial charge in [-0.25, -0.2) is 0 Å². The number of aliphatic imine (C=N–C) groups is 1. The highest BCUT2D eigenvalue weighted by Gasteiger charge is 2.19. The number of carbonyl (C=O) groups is 1. The number of hydrogen-bond acceptors (Lipinski definition) is 3. The summed E-state index contributed by atoms with van der Waals surface area (Å²) < 4.78 is 0. The fourth-order valence-corrected chi connectivity index (χ4v) is 2.98. The topological polar surface area (TPSA) is 82.8 Å². The number of amides is 1. The predicted octanol–water partition coefficient (Wildman–Crippen LogP) is 1.94. The van der Waals surface area contributed by atoms with Crippen LogP contribution in [-0.2, 0) is 6.54 Å². The van der Waals surface area contributed by atoms with E-state index in [4.69, 9.17) is 5.73 Å². The molecular formula is C18H30IN5O. The zero-order valence-corrected chi connectivity index (χ0v) is 17.5. The van der Waals surface area contributed by atoms with Gasteiger partial charge in [-0.3, -0.25) is 9.79 Å². The molecule has 1 fully saturated rings. The van der Waals surface area contributed by atoms with Crippen LogP contribution in [0.1, 0.15) is 42.1 Å². The molecule has 0 aliphatic carbocycles. The average molecular weight is 459 g/mol. The van der Waals surface area contributed by atoms with E-state index in [9.17, 15) is 4.79 Å². The standard InChI is InChI=1S/C18H29N5O.HI/c1-3-10-23-11-8-16(9-12-23)22-18(20-2)21-13-14-4-6-15(7-5-14)17(19)24;/h4-7,16H,3,8-13H2,1-2H3,(H2,19,24)(H2,20,21,22);1H. The second kappa shape index (κ2) is 11.3. The lowest BCUT2D eigenvalue weighted by atomic mass is 10.1. The van der Waals surface area contributed by atoms with Crippen LogP contribution in [-0.4, -0.2) is 49.5 Å². The fourth-order valence-electron chi connectivity index (χ4n) is 2.98. The minimum absolute atomic E-state index is 0. The fraction of sp³-hybridized carbons (Fsp3) is 0.556. The van der Waals surface area contributed by atoms with Crippen molar-refractivity contribution in [2.24, 2.45) is 10.7 Å². The summed E-state index contributed by atoms with van der Waals surface area (Å²) in [4.78, 5) is 17.9. The molecule has 0 saturated carbocycles. The van der Waals surface area contributed by atoms with Gasteiger partial charge in [-0.05, 0) is 43.5 Å². The molecule has 1 saturated heterocycles. The van der Waals surface area contributed by atoms with Crippen LogP contribution in [0.25, 0.3) is 0 Å². The minimum atomic E-state index is -0.401. The largest absolute Gasteiger partial charge is 0.366 e. The van der Waals surface area contributed by atoms with E-state index >= 15 is 0 Å². The van der Waals surface area contributed by atoms with Crippen LogP contribution in [0.4, 0.5) is 0 Å². The molecule has 6 nitrogen and oxygen atoms in total. The van der Waals surface area contributed by atoms with Gasteiger partial charge in [-0.1, -0.05) is 19.1 Å². The highest BCUT2D eigenvalue weighted by Crippen LogP contribution is 2.10. The molecule has 4 N–H and O–H groups in total. The number of nitrogens with zero attached hydrogens (tertiary/aromatic N) is 2. The molecule has 1 heterocycles. The third-order valence-corrected chi connectivity index (χ3v) is 4.39. The van der Waals surface area contributed by atoms with Gasteiger partial charge in [-0.15, -0.1) is 24.0 Å². The first-order valence-corrected chi connectivity index (χ1v) is 8.70. The monoisotopic (exact) mass is 459 g/mol. The molecule has 0 spiro atoms. The lowest BCUT2D eigenvalue weighted by Gasteiger charge is -2.32. The van der Waals surface area contributed by atoms with Crippen LogP contribution in [0.15, 0.2) is 29.3 Å². The van der Waals surface area contributed by atoms with E-state index in [1.807, 2.05) is 12.1 Å². The van der Waals surface area contributed by atoms with Gasteiger partial charge in [-0.2, -0.15) is 0 Å². The molecule has 0 aromatic heterocycles. The summed E-state index contributed by atoms with van der Waals surface area (Å²) in [6, 6.07) is 7.78. The molecule has 0 unspecified atom stereocenters. The molecule has 1 aliphatic heterocycles. The number of halogens is 1. The van der Waals surface area contributed by atoms with E-state index in [0.29, 0.717) is 18.2 Å². The highest BCUT2D eigenvalue weighted by atomic mass is 127.